The molecule has 3 atom stereocenters. The maximum atomic E-state index is 14.0. The molecule has 2 aromatic heterocycles. The highest BCUT2D eigenvalue weighted by molar-refractivity contribution is 7.91. The highest BCUT2D eigenvalue weighted by Gasteiger charge is 2.35. The summed E-state index contributed by atoms with van der Waals surface area (Å²) in [6.07, 6.45) is 0.668. The minimum atomic E-state index is -3.23. The number of thiazole rings is 1. The molecule has 0 spiro atoms. The highest BCUT2D eigenvalue weighted by atomic mass is 32.2. The number of oxazole rings is 1. The predicted molar refractivity (Wildman–Crippen MR) is 174 cm³/mol. The van der Waals surface area contributed by atoms with E-state index in [1.54, 1.807) is 19.2 Å². The van der Waals surface area contributed by atoms with Crippen molar-refractivity contribution in [3.63, 3.8) is 0 Å². The number of amides is 4. The number of carbonyl (C=O) groups excluding carboxylic acids is 4. The number of sulfone groups is 1. The largest absolute Gasteiger partial charge is 0.443 e. The van der Waals surface area contributed by atoms with Crippen LogP contribution in [0.4, 0.5) is 0 Å². The van der Waals surface area contributed by atoms with E-state index in [-0.39, 0.29) is 72.3 Å². The lowest BCUT2D eigenvalue weighted by atomic mass is 9.99. The fourth-order valence-electron chi connectivity index (χ4n) is 5.80. The first-order chi connectivity index (χ1) is 22.3. The zero-order chi connectivity index (χ0) is 33.9. The molecule has 252 valence electrons. The number of benzene rings is 1. The summed E-state index contributed by atoms with van der Waals surface area (Å²) >= 11 is 1.23. The van der Waals surface area contributed by atoms with Crippen LogP contribution in [0.3, 0.4) is 0 Å². The summed E-state index contributed by atoms with van der Waals surface area (Å²) in [5.74, 6) is -2.36. The van der Waals surface area contributed by atoms with Crippen molar-refractivity contribution in [3.05, 3.63) is 69.3 Å². The van der Waals surface area contributed by atoms with Crippen LogP contribution in [-0.4, -0.2) is 77.6 Å². The maximum Gasteiger partial charge on any atom is 0.274 e. The molecule has 4 amide bonds. The van der Waals surface area contributed by atoms with Crippen LogP contribution in [0, 0.1) is 18.8 Å². The van der Waals surface area contributed by atoms with Gasteiger partial charge in [0.2, 0.25) is 17.7 Å². The lowest BCUT2D eigenvalue weighted by molar-refractivity contribution is -0.140. The van der Waals surface area contributed by atoms with Crippen molar-refractivity contribution in [2.75, 3.05) is 24.6 Å². The van der Waals surface area contributed by atoms with E-state index in [1.807, 2.05) is 44.2 Å². The van der Waals surface area contributed by atoms with Crippen LogP contribution in [0.1, 0.15) is 88.9 Å². The van der Waals surface area contributed by atoms with Crippen molar-refractivity contribution >= 4 is 44.8 Å². The average Bonchev–Trinajstić information content (AvgIpc) is 3.67. The van der Waals surface area contributed by atoms with E-state index < -0.39 is 51.6 Å². The van der Waals surface area contributed by atoms with Crippen molar-refractivity contribution in [1.29, 1.82) is 0 Å². The molecule has 15 heteroatoms. The van der Waals surface area contributed by atoms with Gasteiger partial charge in [0.25, 0.3) is 11.8 Å². The number of aromatic nitrogens is 2. The van der Waals surface area contributed by atoms with Gasteiger partial charge in [-0.2, -0.15) is 0 Å². The summed E-state index contributed by atoms with van der Waals surface area (Å²) in [5, 5.41) is 10.9. The van der Waals surface area contributed by atoms with E-state index in [1.165, 1.54) is 16.2 Å². The molecule has 1 fully saturated rings. The number of hydrogen-bond donors (Lipinski definition) is 3. The van der Waals surface area contributed by atoms with Crippen molar-refractivity contribution < 1.29 is 32.0 Å². The Morgan fingerprint density at radius 2 is 1.74 bits per heavy atom. The molecule has 5 rings (SSSR count). The maximum absolute atomic E-state index is 14.0. The van der Waals surface area contributed by atoms with Gasteiger partial charge in [-0.05, 0) is 44.6 Å². The number of rotatable bonds is 4. The first kappa shape index (κ1) is 34.2. The van der Waals surface area contributed by atoms with Crippen LogP contribution < -0.4 is 16.0 Å². The van der Waals surface area contributed by atoms with E-state index >= 15 is 0 Å². The lowest BCUT2D eigenvalue weighted by Gasteiger charge is -2.32. The van der Waals surface area contributed by atoms with Gasteiger partial charge in [-0.3, -0.25) is 19.2 Å². The van der Waals surface area contributed by atoms with Gasteiger partial charge in [0.05, 0.1) is 30.1 Å². The first-order valence-electron chi connectivity index (χ1n) is 15.7. The van der Waals surface area contributed by atoms with Gasteiger partial charge in [-0.1, -0.05) is 44.2 Å². The Bertz CT molecular complexity index is 1720. The summed E-state index contributed by atoms with van der Waals surface area (Å²) in [5.41, 5.74) is 1.12. The molecule has 4 bridgehead atoms. The monoisotopic (exact) mass is 684 g/mol. The summed E-state index contributed by atoms with van der Waals surface area (Å²) in [6.45, 7) is 6.75. The second-order valence-electron chi connectivity index (χ2n) is 12.5. The van der Waals surface area contributed by atoms with E-state index in [0.29, 0.717) is 11.4 Å². The number of nitrogens with zero attached hydrogens (tertiary/aromatic N) is 3. The summed E-state index contributed by atoms with van der Waals surface area (Å²) in [6, 6.07) is 7.58. The number of aryl methyl sites for hydroxylation is 1. The number of carbonyl (C=O) groups is 4. The molecule has 1 aromatic carbocycles. The topological polar surface area (TPSA) is 181 Å². The van der Waals surface area contributed by atoms with Crippen LogP contribution in [0.5, 0.6) is 0 Å². The number of nitrogens with one attached hydrogen (secondary N) is 3. The minimum absolute atomic E-state index is 0.00576. The Balaban J connectivity index is 1.52. The van der Waals surface area contributed by atoms with Gasteiger partial charge >= 0.3 is 0 Å². The SMILES string of the molecule is Cc1oc2nc1C(=O)N[C@H](C)c1nc(cs1)C(=O)N[C@H](Cc1ccccc1)CN(C(=O)C1CCS(=O)(=O)CC1)CC(=O)N[C@H]2C(C)C. The molecule has 0 saturated carbocycles. The normalized spacial score (nSPS) is 23.0. The Morgan fingerprint density at radius 1 is 1.04 bits per heavy atom. The van der Waals surface area contributed by atoms with E-state index in [4.69, 9.17) is 4.42 Å². The molecule has 13 nitrogen and oxygen atoms in total. The smallest absolute Gasteiger partial charge is 0.274 e. The average molecular weight is 685 g/mol. The van der Waals surface area contributed by atoms with Crippen LogP contribution in [0.15, 0.2) is 40.1 Å². The van der Waals surface area contributed by atoms with Crippen molar-refractivity contribution in [2.24, 2.45) is 11.8 Å². The molecule has 3 N–H and O–H groups in total. The fraction of sp³-hybridized carbons (Fsp3) is 0.500. The molecular formula is C32H40N6O7S2. The highest BCUT2D eigenvalue weighted by Crippen LogP contribution is 2.26. The zero-order valence-corrected chi connectivity index (χ0v) is 28.4. The van der Waals surface area contributed by atoms with Crippen LogP contribution in [0.25, 0.3) is 0 Å². The molecule has 3 aromatic rings. The molecule has 1 saturated heterocycles. The van der Waals surface area contributed by atoms with Crippen LogP contribution in [-0.2, 0) is 25.8 Å². The Morgan fingerprint density at radius 3 is 2.43 bits per heavy atom. The van der Waals surface area contributed by atoms with Crippen molar-refractivity contribution in [2.45, 2.75) is 65.1 Å². The number of fused-ring (bicyclic) bond motifs is 4. The molecule has 4 heterocycles. The van der Waals surface area contributed by atoms with Gasteiger partial charge in [-0.15, -0.1) is 11.3 Å². The molecule has 0 radical (unpaired) electrons. The molecule has 2 aliphatic rings. The van der Waals surface area contributed by atoms with Gasteiger partial charge in [0.15, 0.2) is 5.69 Å². The van der Waals surface area contributed by atoms with E-state index in [9.17, 15) is 27.6 Å². The third kappa shape index (κ3) is 8.44. The van der Waals surface area contributed by atoms with Crippen molar-refractivity contribution in [3.8, 4) is 0 Å². The molecular weight excluding hydrogens is 645 g/mol. The minimum Gasteiger partial charge on any atom is -0.443 e. The Hall–Kier alpha value is -4.11. The van der Waals surface area contributed by atoms with E-state index in [0.717, 1.165) is 5.56 Å². The summed E-state index contributed by atoms with van der Waals surface area (Å²) < 4.78 is 30.2. The summed E-state index contributed by atoms with van der Waals surface area (Å²) in [4.78, 5) is 64.7. The van der Waals surface area contributed by atoms with Gasteiger partial charge in [-0.25, -0.2) is 18.4 Å². The van der Waals surface area contributed by atoms with Gasteiger partial charge < -0.3 is 25.3 Å². The predicted octanol–water partition coefficient (Wildman–Crippen LogP) is 2.75. The fourth-order valence-corrected chi connectivity index (χ4v) is 8.09. The van der Waals surface area contributed by atoms with Crippen LogP contribution in [0.2, 0.25) is 0 Å². The van der Waals surface area contributed by atoms with E-state index in [2.05, 4.69) is 25.9 Å². The van der Waals surface area contributed by atoms with Crippen LogP contribution >= 0.6 is 11.3 Å². The first-order valence-corrected chi connectivity index (χ1v) is 18.4. The standard InChI is InChI=1S/C32H40N6O7S2/c1-18(2)26-30-37-27(20(4)45-30)29(41)33-19(3)31-35-24(17-46-31)28(40)34-23(14-21-8-6-5-7-9-21)15-38(16-25(39)36-26)32(42)22-10-12-47(43,44)13-11-22/h5-9,17-19,22-23,26H,10-16H2,1-4H3,(H,33,41)(H,34,40)(H,36,39)/t19-,23-,26+/m1/s1. The second-order valence-corrected chi connectivity index (χ2v) is 15.7. The zero-order valence-electron chi connectivity index (χ0n) is 26.8. The second kappa shape index (κ2) is 14.3. The lowest BCUT2D eigenvalue weighted by Crippen LogP contribution is -2.52. The number of hydrogen-bond acceptors (Lipinski definition) is 10. The van der Waals surface area contributed by atoms with Gasteiger partial charge in [0.1, 0.15) is 32.3 Å². The third-order valence-corrected chi connectivity index (χ3v) is 11.1. The Labute approximate surface area is 277 Å². The Kier molecular flexibility index (Phi) is 10.4. The summed E-state index contributed by atoms with van der Waals surface area (Å²) in [7, 11) is -3.23. The third-order valence-electron chi connectivity index (χ3n) is 8.40. The molecule has 47 heavy (non-hydrogen) atoms. The van der Waals surface area contributed by atoms with Crippen molar-refractivity contribution in [1.82, 2.24) is 30.8 Å². The quantitative estimate of drug-likeness (QED) is 0.372. The molecule has 0 aliphatic carbocycles. The molecule has 0 unspecified atom stereocenters. The van der Waals surface area contributed by atoms with Gasteiger partial charge in [0, 0.05) is 17.8 Å². The molecule has 2 aliphatic heterocycles.